The minimum absolute atomic E-state index is 0.168. The van der Waals surface area contributed by atoms with Crippen LogP contribution in [0.5, 0.6) is 5.75 Å². The molecule has 1 aromatic rings. The van der Waals surface area contributed by atoms with Gasteiger partial charge in [-0.15, -0.1) is 0 Å². The van der Waals surface area contributed by atoms with E-state index >= 15 is 0 Å². The average Bonchev–Trinajstić information content (AvgIpc) is 2.46. The maximum absolute atomic E-state index is 14.3. The monoisotopic (exact) mass is 365 g/mol. The molecule has 8 heteroatoms. The first kappa shape index (κ1) is 14.0. The Kier molecular flexibility index (Phi) is 3.35. The van der Waals surface area contributed by atoms with Gasteiger partial charge in [-0.1, -0.05) is 0 Å². The molecule has 1 fully saturated rings. The number of hydrogen-bond donors (Lipinski definition) is 2. The molecule has 0 aliphatic carbocycles. The van der Waals surface area contributed by atoms with Gasteiger partial charge in [0.2, 0.25) is 0 Å². The SMILES string of the molecule is CC1C(=O)NN=C2COc3cc(F)c([As]C4CNC4)cc3N21. The van der Waals surface area contributed by atoms with E-state index < -0.39 is 0 Å². The molecule has 4 rings (SSSR count). The molecule has 2 N–H and O–H groups in total. The van der Waals surface area contributed by atoms with Crippen molar-refractivity contribution in [3.05, 3.63) is 17.9 Å². The minimum atomic E-state index is -0.380. The van der Waals surface area contributed by atoms with Crippen LogP contribution in [0.3, 0.4) is 0 Å². The number of benzene rings is 1. The van der Waals surface area contributed by atoms with Crippen molar-refractivity contribution in [3.8, 4) is 5.75 Å². The Balaban J connectivity index is 1.74. The number of carbonyl (C=O) groups is 1. The summed E-state index contributed by atoms with van der Waals surface area (Å²) in [7, 11) is 0. The van der Waals surface area contributed by atoms with Crippen molar-refractivity contribution in [1.82, 2.24) is 10.7 Å². The molecule has 3 aliphatic rings. The van der Waals surface area contributed by atoms with Crippen LogP contribution >= 0.6 is 0 Å². The van der Waals surface area contributed by atoms with Crippen LogP contribution in [0.4, 0.5) is 10.1 Å². The summed E-state index contributed by atoms with van der Waals surface area (Å²) in [6.45, 7) is 3.97. The molecule has 0 saturated carbocycles. The first-order valence-electron chi connectivity index (χ1n) is 7.17. The molecule has 22 heavy (non-hydrogen) atoms. The third-order valence-corrected chi connectivity index (χ3v) is 6.90. The van der Waals surface area contributed by atoms with Gasteiger partial charge in [-0.3, -0.25) is 0 Å². The third-order valence-electron chi connectivity index (χ3n) is 4.07. The summed E-state index contributed by atoms with van der Waals surface area (Å²) >= 11 is -0.239. The number of carbonyl (C=O) groups excluding carboxylic acids is 1. The summed E-state index contributed by atoms with van der Waals surface area (Å²) < 4.78 is 21.2. The summed E-state index contributed by atoms with van der Waals surface area (Å²) in [5, 5.41) is 7.26. The average molecular weight is 365 g/mol. The molecule has 1 amide bonds. The summed E-state index contributed by atoms with van der Waals surface area (Å²) in [5.41, 5.74) is 3.23. The van der Waals surface area contributed by atoms with Crippen molar-refractivity contribution in [2.24, 2.45) is 5.10 Å². The number of nitrogens with one attached hydrogen (secondary N) is 2. The van der Waals surface area contributed by atoms with Gasteiger partial charge in [0.05, 0.1) is 0 Å². The Labute approximate surface area is 133 Å². The van der Waals surface area contributed by atoms with Crippen LogP contribution in [0.1, 0.15) is 6.92 Å². The van der Waals surface area contributed by atoms with Crippen molar-refractivity contribution in [1.29, 1.82) is 0 Å². The second-order valence-corrected chi connectivity index (χ2v) is 8.64. The van der Waals surface area contributed by atoms with Crippen LogP contribution in [0, 0.1) is 5.82 Å². The molecule has 3 heterocycles. The second-order valence-electron chi connectivity index (χ2n) is 5.55. The fourth-order valence-electron chi connectivity index (χ4n) is 2.70. The van der Waals surface area contributed by atoms with Gasteiger partial charge in [0.25, 0.3) is 0 Å². The number of amidine groups is 1. The number of nitrogens with zero attached hydrogens (tertiary/aromatic N) is 2. The summed E-state index contributed by atoms with van der Waals surface area (Å²) in [5.74, 6) is 0.757. The third kappa shape index (κ3) is 2.20. The first-order chi connectivity index (χ1) is 10.6. The fraction of sp³-hybridized carbons (Fsp3) is 0.429. The molecule has 1 saturated heterocycles. The maximum atomic E-state index is 14.3. The summed E-state index contributed by atoms with van der Waals surface area (Å²) in [6, 6.07) is 2.91. The van der Waals surface area contributed by atoms with Gasteiger partial charge in [0.1, 0.15) is 0 Å². The Morgan fingerprint density at radius 1 is 1.45 bits per heavy atom. The molecular formula is C14H15AsFN4O2. The van der Waals surface area contributed by atoms with Gasteiger partial charge in [0, 0.05) is 0 Å². The van der Waals surface area contributed by atoms with Gasteiger partial charge in [-0.05, 0) is 0 Å². The normalized spacial score (nSPS) is 24.3. The molecule has 1 aromatic carbocycles. The molecule has 1 unspecified atom stereocenters. The Morgan fingerprint density at radius 2 is 2.27 bits per heavy atom. The Bertz CT molecular complexity index is 677. The van der Waals surface area contributed by atoms with Crippen molar-refractivity contribution in [2.75, 3.05) is 24.6 Å². The van der Waals surface area contributed by atoms with Crippen LogP contribution in [0.15, 0.2) is 17.2 Å². The van der Waals surface area contributed by atoms with E-state index in [0.29, 0.717) is 16.3 Å². The number of hydrogen-bond acceptors (Lipinski definition) is 5. The van der Waals surface area contributed by atoms with Crippen LogP contribution in [0.2, 0.25) is 4.71 Å². The van der Waals surface area contributed by atoms with Crippen LogP contribution < -0.4 is 24.7 Å². The van der Waals surface area contributed by atoms with E-state index in [1.54, 1.807) is 0 Å². The number of fused-ring (bicyclic) bond motifs is 3. The Hall–Kier alpha value is -1.59. The van der Waals surface area contributed by atoms with E-state index in [0.717, 1.165) is 23.1 Å². The predicted octanol–water partition coefficient (Wildman–Crippen LogP) is -0.422. The van der Waals surface area contributed by atoms with Crippen molar-refractivity contribution in [2.45, 2.75) is 17.7 Å². The van der Waals surface area contributed by atoms with Crippen LogP contribution in [-0.2, 0) is 4.79 Å². The molecule has 0 aromatic heterocycles. The van der Waals surface area contributed by atoms with E-state index in [1.807, 2.05) is 17.9 Å². The topological polar surface area (TPSA) is 66.0 Å². The van der Waals surface area contributed by atoms with Gasteiger partial charge in [-0.25, -0.2) is 0 Å². The zero-order valence-electron chi connectivity index (χ0n) is 12.0. The van der Waals surface area contributed by atoms with Crippen molar-refractivity contribution >= 4 is 37.5 Å². The summed E-state index contributed by atoms with van der Waals surface area (Å²) in [4.78, 5) is 13.7. The van der Waals surface area contributed by atoms with Crippen LogP contribution in [-0.4, -0.2) is 53.2 Å². The number of ether oxygens (including phenoxy) is 1. The number of hydrazone groups is 1. The van der Waals surface area contributed by atoms with E-state index in [-0.39, 0.29) is 40.1 Å². The summed E-state index contributed by atoms with van der Waals surface area (Å²) in [6.07, 6.45) is 0. The number of amides is 1. The standard InChI is InChI=1S/C14H15AsFN4O2/c1-7-14(21)19-18-13-6-22-12-3-10(16)9(2-11(12)20(7)13)15-8-4-17-5-8/h2-3,7-8,17H,4-6H2,1H3,(H,19,21). The molecular weight excluding hydrogens is 350 g/mol. The molecule has 115 valence electrons. The van der Waals surface area contributed by atoms with E-state index in [9.17, 15) is 9.18 Å². The van der Waals surface area contributed by atoms with E-state index in [4.69, 9.17) is 4.74 Å². The van der Waals surface area contributed by atoms with E-state index in [2.05, 4.69) is 15.8 Å². The molecule has 3 aliphatic heterocycles. The zero-order chi connectivity index (χ0) is 15.3. The van der Waals surface area contributed by atoms with E-state index in [1.165, 1.54) is 6.07 Å². The van der Waals surface area contributed by atoms with Crippen LogP contribution in [0.25, 0.3) is 0 Å². The molecule has 0 spiro atoms. The second kappa shape index (κ2) is 5.25. The number of halogens is 1. The number of anilines is 1. The Morgan fingerprint density at radius 3 is 3.00 bits per heavy atom. The van der Waals surface area contributed by atoms with Gasteiger partial charge < -0.3 is 0 Å². The van der Waals surface area contributed by atoms with Gasteiger partial charge in [0.15, 0.2) is 0 Å². The molecule has 0 bridgehead atoms. The first-order valence-corrected chi connectivity index (χ1v) is 9.19. The van der Waals surface area contributed by atoms with Gasteiger partial charge >= 0.3 is 133 Å². The zero-order valence-corrected chi connectivity index (χ0v) is 13.8. The molecule has 1 radical (unpaired) electrons. The van der Waals surface area contributed by atoms with Gasteiger partial charge in [-0.2, -0.15) is 0 Å². The molecule has 6 nitrogen and oxygen atoms in total. The van der Waals surface area contributed by atoms with Crippen molar-refractivity contribution in [3.63, 3.8) is 0 Å². The number of rotatable bonds is 2. The fourth-order valence-corrected chi connectivity index (χ4v) is 5.25. The predicted molar refractivity (Wildman–Crippen MR) is 81.4 cm³/mol. The quantitative estimate of drug-likeness (QED) is 0.699. The van der Waals surface area contributed by atoms with Crippen molar-refractivity contribution < 1.29 is 13.9 Å². The molecule has 1 atom stereocenters.